The molecule has 2 rings (SSSR count). The van der Waals surface area contributed by atoms with Crippen molar-refractivity contribution >= 4 is 23.4 Å². The Bertz CT molecular complexity index is 848. The first kappa shape index (κ1) is 20.4. The molecule has 144 valence electrons. The van der Waals surface area contributed by atoms with Crippen LogP contribution in [0, 0.1) is 0 Å². The topological polar surface area (TPSA) is 80.3 Å². The fourth-order valence-corrected chi connectivity index (χ4v) is 2.64. The van der Waals surface area contributed by atoms with Crippen LogP contribution in [0.3, 0.4) is 0 Å². The van der Waals surface area contributed by atoms with E-state index in [0.29, 0.717) is 17.2 Å². The summed E-state index contributed by atoms with van der Waals surface area (Å²) in [5, 5.41) is 0.187. The number of carbonyl (C=O) groups excluding carboxylic acids is 2. The number of rotatable bonds is 8. The van der Waals surface area contributed by atoms with Crippen LogP contribution in [0.2, 0.25) is 5.02 Å². The Balaban J connectivity index is 2.14. The molecule has 0 aliphatic heterocycles. The number of esters is 1. The summed E-state index contributed by atoms with van der Waals surface area (Å²) < 4.78 is 25.6. The van der Waals surface area contributed by atoms with Gasteiger partial charge >= 0.3 is 5.97 Å². The molecule has 0 saturated carbocycles. The number of hydrogen-bond acceptors (Lipinski definition) is 7. The zero-order valence-corrected chi connectivity index (χ0v) is 16.1. The van der Waals surface area contributed by atoms with Gasteiger partial charge in [0.25, 0.3) is 0 Å². The zero-order chi connectivity index (χ0) is 20.0. The van der Waals surface area contributed by atoms with Crippen LogP contribution < -0.4 is 18.9 Å². The highest BCUT2D eigenvalue weighted by Crippen LogP contribution is 2.36. The molecule has 0 saturated heterocycles. The molecule has 2 aromatic rings. The Labute approximate surface area is 161 Å². The second kappa shape index (κ2) is 9.14. The fourth-order valence-electron chi connectivity index (χ4n) is 2.36. The van der Waals surface area contributed by atoms with E-state index in [1.807, 2.05) is 0 Å². The summed E-state index contributed by atoms with van der Waals surface area (Å²) in [5.74, 6) is 0.299. The van der Waals surface area contributed by atoms with Crippen LogP contribution >= 0.6 is 11.6 Å². The van der Waals surface area contributed by atoms with Gasteiger partial charge < -0.3 is 23.7 Å². The highest BCUT2D eigenvalue weighted by Gasteiger charge is 2.19. The molecule has 0 spiro atoms. The fraction of sp³-hybridized carbons (Fsp3) is 0.263. The molecule has 0 bridgehead atoms. The summed E-state index contributed by atoms with van der Waals surface area (Å²) in [4.78, 5) is 24.7. The van der Waals surface area contributed by atoms with Crippen molar-refractivity contribution in [3.8, 4) is 23.0 Å². The number of carbonyl (C=O) groups is 2. The number of hydrogen-bond donors (Lipinski definition) is 0. The highest BCUT2D eigenvalue weighted by atomic mass is 35.5. The molecule has 0 heterocycles. The van der Waals surface area contributed by atoms with Crippen molar-refractivity contribution in [2.45, 2.75) is 0 Å². The van der Waals surface area contributed by atoms with Crippen LogP contribution in [0.15, 0.2) is 30.3 Å². The largest absolute Gasteiger partial charge is 0.497 e. The van der Waals surface area contributed by atoms with E-state index in [1.165, 1.54) is 40.6 Å². The van der Waals surface area contributed by atoms with E-state index in [9.17, 15) is 9.59 Å². The van der Waals surface area contributed by atoms with Crippen molar-refractivity contribution in [3.63, 3.8) is 0 Å². The average molecular weight is 395 g/mol. The molecule has 0 atom stereocenters. The standard InChI is InChI=1S/C19H19ClO7/c1-23-12-5-6-13(16(9-12)24-2)15(21)10-27-19(22)11-7-14(20)18(26-4)17(8-11)25-3/h5-9H,10H2,1-4H3. The van der Waals surface area contributed by atoms with Crippen LogP contribution in [-0.2, 0) is 4.74 Å². The van der Waals surface area contributed by atoms with E-state index < -0.39 is 18.4 Å². The highest BCUT2D eigenvalue weighted by molar-refractivity contribution is 6.32. The van der Waals surface area contributed by atoms with Gasteiger partial charge in [-0.15, -0.1) is 0 Å². The molecule has 0 aliphatic rings. The smallest absolute Gasteiger partial charge is 0.338 e. The van der Waals surface area contributed by atoms with Crippen LogP contribution in [0.1, 0.15) is 20.7 Å². The number of Topliss-reactive ketones (excluding diaryl/α,β-unsaturated/α-hetero) is 1. The van der Waals surface area contributed by atoms with Gasteiger partial charge in [0.2, 0.25) is 5.78 Å². The summed E-state index contributed by atoms with van der Waals surface area (Å²) in [7, 11) is 5.79. The number of methoxy groups -OCH3 is 4. The Morgan fingerprint density at radius 3 is 2.19 bits per heavy atom. The minimum atomic E-state index is -0.723. The lowest BCUT2D eigenvalue weighted by Crippen LogP contribution is -2.15. The van der Waals surface area contributed by atoms with Gasteiger partial charge in [-0.1, -0.05) is 11.6 Å². The average Bonchev–Trinajstić information content (AvgIpc) is 2.70. The Hall–Kier alpha value is -2.93. The second-order valence-electron chi connectivity index (χ2n) is 5.26. The maximum atomic E-state index is 12.4. The van der Waals surface area contributed by atoms with Gasteiger partial charge in [-0.2, -0.15) is 0 Å². The SMILES string of the molecule is COc1ccc(C(=O)COC(=O)c2cc(Cl)c(OC)c(OC)c2)c(OC)c1. The predicted molar refractivity (Wildman–Crippen MR) is 98.7 cm³/mol. The molecular weight excluding hydrogens is 376 g/mol. The van der Waals surface area contributed by atoms with Gasteiger partial charge in [0.1, 0.15) is 11.5 Å². The molecule has 2 aromatic carbocycles. The molecule has 0 N–H and O–H groups in total. The van der Waals surface area contributed by atoms with Crippen molar-refractivity contribution in [1.82, 2.24) is 0 Å². The molecule has 27 heavy (non-hydrogen) atoms. The quantitative estimate of drug-likeness (QED) is 0.501. The molecule has 0 radical (unpaired) electrons. The number of benzene rings is 2. The van der Waals surface area contributed by atoms with Crippen molar-refractivity contribution in [2.75, 3.05) is 35.0 Å². The minimum Gasteiger partial charge on any atom is -0.497 e. The second-order valence-corrected chi connectivity index (χ2v) is 5.67. The monoisotopic (exact) mass is 394 g/mol. The van der Waals surface area contributed by atoms with Crippen molar-refractivity contribution in [2.24, 2.45) is 0 Å². The molecule has 0 unspecified atom stereocenters. The van der Waals surface area contributed by atoms with Crippen LogP contribution in [0.4, 0.5) is 0 Å². The number of ketones is 1. The molecular formula is C19H19ClO7. The van der Waals surface area contributed by atoms with Crippen LogP contribution in [0.25, 0.3) is 0 Å². The normalized spacial score (nSPS) is 10.1. The van der Waals surface area contributed by atoms with Gasteiger partial charge in [-0.3, -0.25) is 4.79 Å². The van der Waals surface area contributed by atoms with E-state index >= 15 is 0 Å². The molecule has 0 amide bonds. The third kappa shape index (κ3) is 4.62. The minimum absolute atomic E-state index is 0.132. The number of ether oxygens (including phenoxy) is 5. The summed E-state index contributed by atoms with van der Waals surface area (Å²) >= 11 is 6.08. The van der Waals surface area contributed by atoms with Crippen molar-refractivity contribution < 1.29 is 33.3 Å². The summed E-state index contributed by atoms with van der Waals surface area (Å²) in [6.07, 6.45) is 0. The van der Waals surface area contributed by atoms with Gasteiger partial charge in [0.15, 0.2) is 18.1 Å². The zero-order valence-electron chi connectivity index (χ0n) is 15.3. The van der Waals surface area contributed by atoms with Gasteiger partial charge in [0.05, 0.1) is 44.6 Å². The van der Waals surface area contributed by atoms with Crippen LogP contribution in [0.5, 0.6) is 23.0 Å². The summed E-state index contributed by atoms with van der Waals surface area (Å²) in [6.45, 7) is -0.465. The lowest BCUT2D eigenvalue weighted by Gasteiger charge is -2.12. The maximum absolute atomic E-state index is 12.4. The van der Waals surface area contributed by atoms with Crippen molar-refractivity contribution in [3.05, 3.63) is 46.5 Å². The Morgan fingerprint density at radius 2 is 1.59 bits per heavy atom. The van der Waals surface area contributed by atoms with Gasteiger partial charge in [-0.05, 0) is 24.3 Å². The molecule has 7 nitrogen and oxygen atoms in total. The van der Waals surface area contributed by atoms with E-state index in [-0.39, 0.29) is 21.9 Å². The van der Waals surface area contributed by atoms with Gasteiger partial charge in [0, 0.05) is 6.07 Å². The Kier molecular flexibility index (Phi) is 6.90. The molecule has 0 aliphatic carbocycles. The van der Waals surface area contributed by atoms with Gasteiger partial charge in [-0.25, -0.2) is 4.79 Å². The van der Waals surface area contributed by atoms with E-state index in [4.69, 9.17) is 35.3 Å². The molecule has 0 fully saturated rings. The third-order valence-electron chi connectivity index (χ3n) is 3.71. The Morgan fingerprint density at radius 1 is 0.889 bits per heavy atom. The predicted octanol–water partition coefficient (Wildman–Crippen LogP) is 3.41. The lowest BCUT2D eigenvalue weighted by molar-refractivity contribution is 0.0473. The summed E-state index contributed by atoms with van der Waals surface area (Å²) in [6, 6.07) is 7.53. The third-order valence-corrected chi connectivity index (χ3v) is 3.99. The summed E-state index contributed by atoms with van der Waals surface area (Å²) in [5.41, 5.74) is 0.406. The molecule has 0 aromatic heterocycles. The maximum Gasteiger partial charge on any atom is 0.338 e. The van der Waals surface area contributed by atoms with E-state index in [2.05, 4.69) is 0 Å². The number of halogens is 1. The first-order valence-electron chi connectivity index (χ1n) is 7.79. The van der Waals surface area contributed by atoms with Crippen molar-refractivity contribution in [1.29, 1.82) is 0 Å². The van der Waals surface area contributed by atoms with E-state index in [1.54, 1.807) is 18.2 Å². The van der Waals surface area contributed by atoms with Crippen LogP contribution in [-0.4, -0.2) is 46.8 Å². The first-order valence-corrected chi connectivity index (χ1v) is 8.16. The first-order chi connectivity index (χ1) is 12.9. The molecule has 8 heteroatoms. The lowest BCUT2D eigenvalue weighted by atomic mass is 10.1. The van der Waals surface area contributed by atoms with E-state index in [0.717, 1.165) is 0 Å².